The third-order valence-corrected chi connectivity index (χ3v) is 2.45. The second kappa shape index (κ2) is 116. The van der Waals surface area contributed by atoms with Crippen LogP contribution in [-0.2, 0) is 65.4 Å². The van der Waals surface area contributed by atoms with Crippen molar-refractivity contribution in [3.63, 3.8) is 0 Å². The molecule has 0 bridgehead atoms. The fourth-order valence-corrected chi connectivity index (χ4v) is 0. The molecule has 0 saturated carbocycles. The summed E-state index contributed by atoms with van der Waals surface area (Å²) in [6.45, 7) is 32.7. The minimum absolute atomic E-state index is 0. The Labute approximate surface area is 267 Å². The molecule has 0 aliphatic carbocycles. The van der Waals surface area contributed by atoms with Crippen molar-refractivity contribution in [2.75, 3.05) is 0 Å². The maximum Gasteiger partial charge on any atom is 0 e. The van der Waals surface area contributed by atoms with Crippen LogP contribution in [0, 0.1) is 17.8 Å². The normalized spacial score (nSPS) is 6.19. The van der Waals surface area contributed by atoms with Crippen LogP contribution >= 0.6 is 0 Å². The molecule has 0 nitrogen and oxygen atoms in total. The topological polar surface area (TPSA) is 0 Å². The van der Waals surface area contributed by atoms with Crippen molar-refractivity contribution in [3.05, 3.63) is 0 Å². The van der Waals surface area contributed by atoms with E-state index in [1.165, 1.54) is 38.5 Å². The smallest absolute Gasteiger partial charge is 0 e. The summed E-state index contributed by atoms with van der Waals surface area (Å²) >= 11 is 0. The SMILES string of the molecule is C.C.C.C.C.C.CCC.CCC.CCC.CCC(C)C.CCC(C)C.CCC(C)C.[Y].[Y]. The van der Waals surface area contributed by atoms with Crippen LogP contribution in [0.2, 0.25) is 0 Å². The van der Waals surface area contributed by atoms with Crippen LogP contribution < -0.4 is 0 Å². The van der Waals surface area contributed by atoms with Gasteiger partial charge >= 0.3 is 0 Å². The zero-order valence-corrected chi connectivity index (χ0v) is 27.8. The van der Waals surface area contributed by atoms with E-state index in [4.69, 9.17) is 0 Å². The van der Waals surface area contributed by atoms with E-state index in [0.717, 1.165) is 17.8 Å². The van der Waals surface area contributed by atoms with Gasteiger partial charge in [0.25, 0.3) is 0 Å². The van der Waals surface area contributed by atoms with Crippen molar-refractivity contribution in [1.82, 2.24) is 0 Å². The second-order valence-corrected chi connectivity index (χ2v) is 7.53. The third kappa shape index (κ3) is 466. The molecule has 0 spiro atoms. The van der Waals surface area contributed by atoms with Crippen LogP contribution in [0.3, 0.4) is 0 Å². The molecule has 0 aromatic rings. The van der Waals surface area contributed by atoms with Gasteiger partial charge in [0.2, 0.25) is 0 Å². The first-order chi connectivity index (χ1) is 11.1. The molecule has 0 N–H and O–H groups in total. The summed E-state index contributed by atoms with van der Waals surface area (Å²) in [6.07, 6.45) is 7.67. The van der Waals surface area contributed by atoms with E-state index in [2.05, 4.69) is 104 Å². The van der Waals surface area contributed by atoms with E-state index in [-0.39, 0.29) is 110 Å². The van der Waals surface area contributed by atoms with E-state index in [0.29, 0.717) is 0 Å². The minimum atomic E-state index is 0. The Hall–Kier alpha value is 2.21. The van der Waals surface area contributed by atoms with Crippen molar-refractivity contribution < 1.29 is 65.4 Å². The largest absolute Gasteiger partial charge is 0.0776 e. The summed E-state index contributed by atoms with van der Waals surface area (Å²) in [5.74, 6) is 2.65. The van der Waals surface area contributed by atoms with Crippen molar-refractivity contribution in [3.8, 4) is 0 Å². The molecule has 0 aliphatic heterocycles. The van der Waals surface area contributed by atoms with Crippen LogP contribution in [0.25, 0.3) is 0 Å². The molecule has 0 aromatic heterocycles. The van der Waals surface area contributed by atoms with E-state index < -0.39 is 0 Å². The monoisotopic (exact) mass is 622 g/mol. The molecule has 32 heavy (non-hydrogen) atoms. The van der Waals surface area contributed by atoms with Gasteiger partial charge in [-0.15, -0.1) is 0 Å². The van der Waals surface area contributed by atoms with E-state index >= 15 is 0 Å². The van der Waals surface area contributed by atoms with Gasteiger partial charge in [0.1, 0.15) is 0 Å². The van der Waals surface area contributed by atoms with Crippen molar-refractivity contribution >= 4 is 0 Å². The van der Waals surface area contributed by atoms with Crippen molar-refractivity contribution in [2.45, 2.75) is 187 Å². The average Bonchev–Trinajstić information content (AvgIpc) is 2.50. The predicted octanol–water partition coefficient (Wildman–Crippen LogP) is 14.2. The van der Waals surface area contributed by atoms with Gasteiger partial charge in [-0.3, -0.25) is 0 Å². The van der Waals surface area contributed by atoms with Crippen molar-refractivity contribution in [1.29, 1.82) is 0 Å². The van der Waals surface area contributed by atoms with Gasteiger partial charge in [0, 0.05) is 65.4 Å². The van der Waals surface area contributed by atoms with Gasteiger partial charge in [-0.25, -0.2) is 0 Å². The van der Waals surface area contributed by atoms with Crippen LogP contribution in [-0.4, -0.2) is 0 Å². The summed E-state index contributed by atoms with van der Waals surface area (Å²) < 4.78 is 0. The Morgan fingerprint density at radius 3 is 0.344 bits per heavy atom. The summed E-state index contributed by atoms with van der Waals surface area (Å²) in [7, 11) is 0. The fourth-order valence-electron chi connectivity index (χ4n) is 0. The molecule has 0 rings (SSSR count). The zero-order valence-electron chi connectivity index (χ0n) is 22.1. The Morgan fingerprint density at radius 1 is 0.312 bits per heavy atom. The first-order valence-electron chi connectivity index (χ1n) is 11.1. The molecule has 2 heteroatoms. The van der Waals surface area contributed by atoms with Crippen molar-refractivity contribution in [2.24, 2.45) is 17.8 Å². The first-order valence-corrected chi connectivity index (χ1v) is 11.1. The Balaban J connectivity index is -0.00000000977. The van der Waals surface area contributed by atoms with Gasteiger partial charge in [-0.1, -0.05) is 187 Å². The molecule has 0 unspecified atom stereocenters. The molecule has 0 fully saturated rings. The van der Waals surface area contributed by atoms with E-state index in [9.17, 15) is 0 Å². The summed E-state index contributed by atoms with van der Waals surface area (Å²) in [5, 5.41) is 0. The summed E-state index contributed by atoms with van der Waals surface area (Å²) in [5.41, 5.74) is 0. The van der Waals surface area contributed by atoms with E-state index in [1.807, 2.05) is 0 Å². The van der Waals surface area contributed by atoms with E-state index in [1.54, 1.807) is 0 Å². The molecule has 0 aromatic carbocycles. The fraction of sp³-hybridized carbons (Fsp3) is 1.00. The van der Waals surface area contributed by atoms with Gasteiger partial charge in [0.05, 0.1) is 0 Å². The standard InChI is InChI=1S/3C5H12.3C3H8.6CH4.2Y/c3*1-4-5(2)3;3*1-3-2;;;;;;;;/h3*5H,4H2,1-3H3;3*3H2,1-2H3;6*1H4;;. The van der Waals surface area contributed by atoms with Gasteiger partial charge < -0.3 is 0 Å². The molecular formula is C30H84Y2. The number of hydrogen-bond acceptors (Lipinski definition) is 0. The maximum atomic E-state index is 2.22. The number of rotatable bonds is 3. The summed E-state index contributed by atoms with van der Waals surface area (Å²) in [6, 6.07) is 0. The average molecular weight is 623 g/mol. The Morgan fingerprint density at radius 2 is 0.344 bits per heavy atom. The number of hydrogen-bond donors (Lipinski definition) is 0. The second-order valence-electron chi connectivity index (χ2n) is 7.53. The zero-order chi connectivity index (χ0) is 21.0. The summed E-state index contributed by atoms with van der Waals surface area (Å²) in [4.78, 5) is 0. The van der Waals surface area contributed by atoms with Crippen LogP contribution in [0.4, 0.5) is 0 Å². The molecule has 0 aliphatic rings. The van der Waals surface area contributed by atoms with Crippen LogP contribution in [0.1, 0.15) is 187 Å². The molecule has 2 radical (unpaired) electrons. The third-order valence-electron chi connectivity index (χ3n) is 2.45. The van der Waals surface area contributed by atoms with Crippen LogP contribution in [0.5, 0.6) is 0 Å². The van der Waals surface area contributed by atoms with Gasteiger partial charge in [-0.05, 0) is 17.8 Å². The van der Waals surface area contributed by atoms with Gasteiger partial charge in [0.15, 0.2) is 0 Å². The minimum Gasteiger partial charge on any atom is -0.0776 e. The predicted molar refractivity (Wildman–Crippen MR) is 164 cm³/mol. The molecule has 210 valence electrons. The molecule has 0 heterocycles. The molecule has 0 amide bonds. The Kier molecular flexibility index (Phi) is 336. The maximum absolute atomic E-state index is 2.22. The molecular weight excluding hydrogens is 538 g/mol. The van der Waals surface area contributed by atoms with Crippen LogP contribution in [0.15, 0.2) is 0 Å². The Bertz CT molecular complexity index is 98.2. The molecule has 0 saturated heterocycles. The van der Waals surface area contributed by atoms with Gasteiger partial charge in [-0.2, -0.15) is 0 Å². The first kappa shape index (κ1) is 92.4. The quantitative estimate of drug-likeness (QED) is 0.294. The molecule has 0 atom stereocenters.